The predicted molar refractivity (Wildman–Crippen MR) is 94.9 cm³/mol. The van der Waals surface area contributed by atoms with Crippen molar-refractivity contribution in [2.75, 3.05) is 7.11 Å². The van der Waals surface area contributed by atoms with E-state index in [0.29, 0.717) is 11.3 Å². The maximum atomic E-state index is 12.1. The van der Waals surface area contributed by atoms with Gasteiger partial charge in [-0.05, 0) is 35.0 Å². The van der Waals surface area contributed by atoms with Gasteiger partial charge in [-0.1, -0.05) is 42.5 Å². The van der Waals surface area contributed by atoms with Crippen LogP contribution in [-0.4, -0.2) is 21.7 Å². The van der Waals surface area contributed by atoms with Gasteiger partial charge in [0.2, 0.25) is 0 Å². The molecule has 122 valence electrons. The molecule has 0 aliphatic carbocycles. The first kappa shape index (κ1) is 16.0. The fraction of sp³-hybridized carbons (Fsp3) is 0.0556. The van der Waals surface area contributed by atoms with Crippen molar-refractivity contribution in [2.45, 2.75) is 4.90 Å². The lowest BCUT2D eigenvalue weighted by atomic mass is 10.1. The van der Waals surface area contributed by atoms with Crippen LogP contribution in [0.25, 0.3) is 10.8 Å². The van der Waals surface area contributed by atoms with Gasteiger partial charge in [0.25, 0.3) is 10.0 Å². The Morgan fingerprint density at radius 2 is 1.58 bits per heavy atom. The highest BCUT2D eigenvalue weighted by molar-refractivity contribution is 7.89. The smallest absolute Gasteiger partial charge is 0.276 e. The lowest BCUT2D eigenvalue weighted by Gasteiger charge is -2.07. The van der Waals surface area contributed by atoms with Crippen LogP contribution in [0.1, 0.15) is 5.56 Å². The molecule has 0 saturated carbocycles. The molecule has 0 aromatic heterocycles. The first-order valence-corrected chi connectivity index (χ1v) is 8.75. The van der Waals surface area contributed by atoms with Gasteiger partial charge in [0.15, 0.2) is 0 Å². The van der Waals surface area contributed by atoms with E-state index in [1.807, 2.05) is 36.4 Å². The van der Waals surface area contributed by atoms with E-state index in [1.165, 1.54) is 18.3 Å². The summed E-state index contributed by atoms with van der Waals surface area (Å²) in [4.78, 5) is 2.37. The predicted octanol–water partition coefficient (Wildman–Crippen LogP) is 3.16. The maximum Gasteiger partial charge on any atom is 0.276 e. The summed E-state index contributed by atoms with van der Waals surface area (Å²) in [5.74, 6) is 0.622. The van der Waals surface area contributed by atoms with Crippen molar-refractivity contribution in [1.82, 2.24) is 4.83 Å². The molecule has 0 unspecified atom stereocenters. The molecule has 0 aliphatic heterocycles. The van der Waals surface area contributed by atoms with Gasteiger partial charge < -0.3 is 4.74 Å². The van der Waals surface area contributed by atoms with Gasteiger partial charge in [-0.3, -0.25) is 0 Å². The standard InChI is InChI=1S/C18H16N2O3S/c1-23-18-12-15-8-6-5-7-14(15)11-16(18)13-19-20-24(21,22)17-9-3-2-4-10-17/h2-13,20H,1H3/b19-13-. The largest absolute Gasteiger partial charge is 0.496 e. The minimum absolute atomic E-state index is 0.160. The summed E-state index contributed by atoms with van der Waals surface area (Å²) in [5, 5.41) is 5.92. The number of nitrogens with zero attached hydrogens (tertiary/aromatic N) is 1. The third kappa shape index (κ3) is 3.38. The van der Waals surface area contributed by atoms with Crippen molar-refractivity contribution in [3.63, 3.8) is 0 Å². The topological polar surface area (TPSA) is 67.8 Å². The Morgan fingerprint density at radius 1 is 0.958 bits per heavy atom. The Kier molecular flexibility index (Phi) is 4.48. The molecule has 0 spiro atoms. The normalized spacial score (nSPS) is 11.7. The molecule has 6 heteroatoms. The Hall–Kier alpha value is -2.86. The zero-order valence-electron chi connectivity index (χ0n) is 13.0. The van der Waals surface area contributed by atoms with Crippen LogP contribution in [0.4, 0.5) is 0 Å². The summed E-state index contributed by atoms with van der Waals surface area (Å²) in [6.07, 6.45) is 1.44. The molecule has 3 rings (SSSR count). The van der Waals surface area contributed by atoms with E-state index >= 15 is 0 Å². The minimum atomic E-state index is -3.68. The van der Waals surface area contributed by atoms with Crippen molar-refractivity contribution in [3.05, 3.63) is 72.3 Å². The molecule has 0 atom stereocenters. The third-order valence-corrected chi connectivity index (χ3v) is 4.77. The number of hydrazone groups is 1. The van der Waals surface area contributed by atoms with Crippen molar-refractivity contribution in [2.24, 2.45) is 5.10 Å². The van der Waals surface area contributed by atoms with Crippen LogP contribution in [0.3, 0.4) is 0 Å². The van der Waals surface area contributed by atoms with Crippen LogP contribution in [0.15, 0.2) is 76.7 Å². The van der Waals surface area contributed by atoms with Crippen LogP contribution in [-0.2, 0) is 10.0 Å². The maximum absolute atomic E-state index is 12.1. The van der Waals surface area contributed by atoms with E-state index in [0.717, 1.165) is 10.8 Å². The van der Waals surface area contributed by atoms with Gasteiger partial charge in [0.05, 0.1) is 18.2 Å². The van der Waals surface area contributed by atoms with Crippen LogP contribution in [0.2, 0.25) is 0 Å². The van der Waals surface area contributed by atoms with Gasteiger partial charge >= 0.3 is 0 Å². The number of rotatable bonds is 5. The Labute approximate surface area is 140 Å². The van der Waals surface area contributed by atoms with Crippen LogP contribution in [0.5, 0.6) is 5.75 Å². The molecule has 0 bridgehead atoms. The van der Waals surface area contributed by atoms with Crippen LogP contribution < -0.4 is 9.57 Å². The fourth-order valence-electron chi connectivity index (χ4n) is 2.33. The zero-order chi connectivity index (χ0) is 17.0. The number of hydrogen-bond donors (Lipinski definition) is 1. The second-order valence-electron chi connectivity index (χ2n) is 5.11. The van der Waals surface area contributed by atoms with Gasteiger partial charge in [-0.2, -0.15) is 13.5 Å². The van der Waals surface area contributed by atoms with E-state index in [4.69, 9.17) is 4.74 Å². The number of nitrogens with one attached hydrogen (secondary N) is 1. The summed E-state index contributed by atoms with van der Waals surface area (Å²) >= 11 is 0. The van der Waals surface area contributed by atoms with Crippen LogP contribution in [0, 0.1) is 0 Å². The van der Waals surface area contributed by atoms with E-state index in [9.17, 15) is 8.42 Å². The second-order valence-corrected chi connectivity index (χ2v) is 6.77. The van der Waals surface area contributed by atoms with Crippen LogP contribution >= 0.6 is 0 Å². The number of fused-ring (bicyclic) bond motifs is 1. The summed E-state index contributed by atoms with van der Waals surface area (Å²) in [6, 6.07) is 19.7. The Morgan fingerprint density at radius 3 is 2.25 bits per heavy atom. The minimum Gasteiger partial charge on any atom is -0.496 e. The molecule has 1 N–H and O–H groups in total. The number of benzene rings is 3. The number of hydrogen-bond acceptors (Lipinski definition) is 4. The average molecular weight is 340 g/mol. The molecule has 0 fully saturated rings. The SMILES string of the molecule is COc1cc2ccccc2cc1/C=N\NS(=O)(=O)c1ccccc1. The van der Waals surface area contributed by atoms with E-state index in [1.54, 1.807) is 25.3 Å². The molecule has 0 radical (unpaired) electrons. The molecular weight excluding hydrogens is 324 g/mol. The lowest BCUT2D eigenvalue weighted by Crippen LogP contribution is -2.18. The molecule has 5 nitrogen and oxygen atoms in total. The molecule has 24 heavy (non-hydrogen) atoms. The van der Waals surface area contributed by atoms with Crippen molar-refractivity contribution < 1.29 is 13.2 Å². The monoisotopic (exact) mass is 340 g/mol. The fourth-order valence-corrected chi connectivity index (χ4v) is 3.14. The molecule has 3 aromatic carbocycles. The highest BCUT2D eigenvalue weighted by Crippen LogP contribution is 2.24. The quantitative estimate of drug-likeness (QED) is 0.573. The molecule has 3 aromatic rings. The average Bonchev–Trinajstić information content (AvgIpc) is 2.61. The second kappa shape index (κ2) is 6.72. The Balaban J connectivity index is 1.88. The number of methoxy groups -OCH3 is 1. The summed E-state index contributed by atoms with van der Waals surface area (Å²) in [7, 11) is -2.12. The summed E-state index contributed by atoms with van der Waals surface area (Å²) in [5.41, 5.74) is 0.687. The highest BCUT2D eigenvalue weighted by Gasteiger charge is 2.11. The zero-order valence-corrected chi connectivity index (χ0v) is 13.8. The van der Waals surface area contributed by atoms with Gasteiger partial charge in [-0.15, -0.1) is 0 Å². The summed E-state index contributed by atoms with van der Waals surface area (Å²) < 4.78 is 29.6. The van der Waals surface area contributed by atoms with E-state index in [-0.39, 0.29) is 4.90 Å². The van der Waals surface area contributed by atoms with Crippen molar-refractivity contribution >= 4 is 27.0 Å². The lowest BCUT2D eigenvalue weighted by molar-refractivity contribution is 0.415. The number of sulfonamides is 1. The third-order valence-electron chi connectivity index (χ3n) is 3.53. The van der Waals surface area contributed by atoms with Crippen molar-refractivity contribution in [3.8, 4) is 5.75 Å². The number of ether oxygens (including phenoxy) is 1. The van der Waals surface area contributed by atoms with Gasteiger partial charge in [0.1, 0.15) is 5.75 Å². The molecule has 0 heterocycles. The van der Waals surface area contributed by atoms with E-state index in [2.05, 4.69) is 9.93 Å². The first-order valence-electron chi connectivity index (χ1n) is 7.27. The summed E-state index contributed by atoms with van der Waals surface area (Å²) in [6.45, 7) is 0. The van der Waals surface area contributed by atoms with E-state index < -0.39 is 10.0 Å². The Bertz CT molecular complexity index is 984. The van der Waals surface area contributed by atoms with Gasteiger partial charge in [-0.25, -0.2) is 4.83 Å². The van der Waals surface area contributed by atoms with Crippen molar-refractivity contribution in [1.29, 1.82) is 0 Å². The first-order chi connectivity index (χ1) is 11.6. The molecule has 0 saturated heterocycles. The molecule has 0 amide bonds. The van der Waals surface area contributed by atoms with Gasteiger partial charge in [0, 0.05) is 5.56 Å². The highest BCUT2D eigenvalue weighted by atomic mass is 32.2. The molecule has 0 aliphatic rings. The molecular formula is C18H16N2O3S.